The molecule has 3 heteroatoms. The molecule has 0 aliphatic carbocycles. The Bertz CT molecular complexity index is 586. The number of benzene rings is 1. The van der Waals surface area contributed by atoms with E-state index >= 15 is 0 Å². The lowest BCUT2D eigenvalue weighted by Crippen LogP contribution is -2.17. The molecule has 3 nitrogen and oxygen atoms in total. The first kappa shape index (κ1) is 13.6. The molecule has 0 aliphatic rings. The van der Waals surface area contributed by atoms with Crippen LogP contribution in [-0.4, -0.2) is 10.1 Å². The second-order valence-corrected chi connectivity index (χ2v) is 5.66. The molecule has 0 spiro atoms. The molecule has 1 heterocycles. The molecule has 2 aromatic rings. The fraction of sp³-hybridized carbons (Fsp3) is 0.312. The first-order valence-corrected chi connectivity index (χ1v) is 6.42. The lowest BCUT2D eigenvalue weighted by atomic mass is 9.83. The van der Waals surface area contributed by atoms with Crippen molar-refractivity contribution in [2.75, 3.05) is 0 Å². The minimum absolute atomic E-state index is 0.00318. The molecule has 2 rings (SSSR count). The van der Waals surface area contributed by atoms with Gasteiger partial charge in [-0.3, -0.25) is 4.98 Å². The largest absolute Gasteiger partial charge is 0.507 e. The highest BCUT2D eigenvalue weighted by atomic mass is 16.3. The summed E-state index contributed by atoms with van der Waals surface area (Å²) in [6.07, 6.45) is 1.78. The highest BCUT2D eigenvalue weighted by molar-refractivity contribution is 5.70. The van der Waals surface area contributed by atoms with Gasteiger partial charge >= 0.3 is 0 Å². The SMILES string of the molecule is CC(C)(C)c1ccnc(-c2ccccc2O)c1CN. The lowest BCUT2D eigenvalue weighted by molar-refractivity contribution is 0.477. The third-order valence-corrected chi connectivity index (χ3v) is 3.23. The van der Waals surface area contributed by atoms with E-state index in [1.165, 1.54) is 5.56 Å². The highest BCUT2D eigenvalue weighted by Crippen LogP contribution is 2.34. The fourth-order valence-electron chi connectivity index (χ4n) is 2.31. The second kappa shape index (κ2) is 5.02. The molecule has 1 aromatic heterocycles. The maximum atomic E-state index is 10.00. The Morgan fingerprint density at radius 1 is 1.16 bits per heavy atom. The zero-order valence-corrected chi connectivity index (χ0v) is 11.6. The Labute approximate surface area is 114 Å². The van der Waals surface area contributed by atoms with E-state index < -0.39 is 0 Å². The van der Waals surface area contributed by atoms with Crippen molar-refractivity contribution in [1.29, 1.82) is 0 Å². The summed E-state index contributed by atoms with van der Waals surface area (Å²) < 4.78 is 0. The van der Waals surface area contributed by atoms with E-state index in [0.29, 0.717) is 6.54 Å². The van der Waals surface area contributed by atoms with Crippen LogP contribution < -0.4 is 5.73 Å². The van der Waals surface area contributed by atoms with Crippen LogP contribution in [0.4, 0.5) is 0 Å². The molecule has 0 radical (unpaired) electrons. The van der Waals surface area contributed by atoms with Crippen LogP contribution in [0.1, 0.15) is 31.9 Å². The number of hydrogen-bond acceptors (Lipinski definition) is 3. The van der Waals surface area contributed by atoms with Gasteiger partial charge in [0.15, 0.2) is 0 Å². The van der Waals surface area contributed by atoms with Gasteiger partial charge in [-0.1, -0.05) is 32.9 Å². The summed E-state index contributed by atoms with van der Waals surface area (Å²) in [5.74, 6) is 0.232. The highest BCUT2D eigenvalue weighted by Gasteiger charge is 2.21. The van der Waals surface area contributed by atoms with Crippen LogP contribution in [0.15, 0.2) is 36.5 Å². The van der Waals surface area contributed by atoms with Crippen molar-refractivity contribution in [1.82, 2.24) is 4.98 Å². The van der Waals surface area contributed by atoms with Gasteiger partial charge in [-0.25, -0.2) is 0 Å². The van der Waals surface area contributed by atoms with Crippen molar-refractivity contribution in [3.8, 4) is 17.0 Å². The average Bonchev–Trinajstić information content (AvgIpc) is 2.37. The summed E-state index contributed by atoms with van der Waals surface area (Å²) in [6, 6.07) is 9.23. The van der Waals surface area contributed by atoms with Gasteiger partial charge < -0.3 is 10.8 Å². The maximum absolute atomic E-state index is 10.00. The minimum Gasteiger partial charge on any atom is -0.507 e. The second-order valence-electron chi connectivity index (χ2n) is 5.66. The van der Waals surface area contributed by atoms with Gasteiger partial charge in [0.1, 0.15) is 5.75 Å². The average molecular weight is 256 g/mol. The molecule has 0 aliphatic heterocycles. The van der Waals surface area contributed by atoms with Gasteiger partial charge in [0.25, 0.3) is 0 Å². The number of rotatable bonds is 2. The third kappa shape index (κ3) is 2.61. The quantitative estimate of drug-likeness (QED) is 0.867. The number of aromatic nitrogens is 1. The fourth-order valence-corrected chi connectivity index (χ4v) is 2.31. The Balaban J connectivity index is 2.69. The van der Waals surface area contributed by atoms with Crippen LogP contribution in [0.3, 0.4) is 0 Å². The lowest BCUT2D eigenvalue weighted by Gasteiger charge is -2.24. The van der Waals surface area contributed by atoms with Crippen LogP contribution in [0.2, 0.25) is 0 Å². The van der Waals surface area contributed by atoms with Gasteiger partial charge in [-0.15, -0.1) is 0 Å². The van der Waals surface area contributed by atoms with Gasteiger partial charge in [0, 0.05) is 18.3 Å². The number of hydrogen-bond donors (Lipinski definition) is 2. The van der Waals surface area contributed by atoms with E-state index in [0.717, 1.165) is 16.8 Å². The maximum Gasteiger partial charge on any atom is 0.124 e. The van der Waals surface area contributed by atoms with Crippen LogP contribution in [0.25, 0.3) is 11.3 Å². The number of phenols is 1. The first-order valence-electron chi connectivity index (χ1n) is 6.42. The van der Waals surface area contributed by atoms with Crippen molar-refractivity contribution >= 4 is 0 Å². The number of para-hydroxylation sites is 1. The number of nitrogens with two attached hydrogens (primary N) is 1. The normalized spacial score (nSPS) is 11.6. The van der Waals surface area contributed by atoms with Gasteiger partial charge in [0.05, 0.1) is 5.69 Å². The standard InChI is InChI=1S/C16H20N2O/c1-16(2,3)13-8-9-18-15(12(13)10-17)11-6-4-5-7-14(11)19/h4-9,19H,10,17H2,1-3H3. The number of nitrogens with zero attached hydrogens (tertiary/aromatic N) is 1. The summed E-state index contributed by atoms with van der Waals surface area (Å²) in [5.41, 5.74) is 9.58. The third-order valence-electron chi connectivity index (χ3n) is 3.23. The van der Waals surface area contributed by atoms with Crippen LogP contribution in [-0.2, 0) is 12.0 Å². The molecule has 3 N–H and O–H groups in total. The Kier molecular flexibility index (Phi) is 3.58. The van der Waals surface area contributed by atoms with Crippen LogP contribution in [0.5, 0.6) is 5.75 Å². The Hall–Kier alpha value is -1.87. The summed E-state index contributed by atoms with van der Waals surface area (Å²) >= 11 is 0. The van der Waals surface area contributed by atoms with Crippen LogP contribution in [0, 0.1) is 0 Å². The molecule has 1 aromatic carbocycles. The molecule has 0 amide bonds. The summed E-state index contributed by atoms with van der Waals surface area (Å²) in [7, 11) is 0. The van der Waals surface area contributed by atoms with E-state index in [-0.39, 0.29) is 11.2 Å². The number of aromatic hydroxyl groups is 1. The predicted octanol–water partition coefficient (Wildman–Crippen LogP) is 3.21. The summed E-state index contributed by atoms with van der Waals surface area (Å²) in [4.78, 5) is 4.41. The van der Waals surface area contributed by atoms with Crippen molar-refractivity contribution in [2.45, 2.75) is 32.7 Å². The molecule has 0 unspecified atom stereocenters. The molecule has 0 atom stereocenters. The van der Waals surface area contributed by atoms with Crippen molar-refractivity contribution in [3.63, 3.8) is 0 Å². The smallest absolute Gasteiger partial charge is 0.124 e. The van der Waals surface area contributed by atoms with Gasteiger partial charge in [-0.05, 0) is 34.7 Å². The number of phenolic OH excluding ortho intramolecular Hbond substituents is 1. The van der Waals surface area contributed by atoms with Gasteiger partial charge in [-0.2, -0.15) is 0 Å². The molecule has 0 bridgehead atoms. The van der Waals surface area contributed by atoms with E-state index in [1.807, 2.05) is 18.2 Å². The molecule has 0 fully saturated rings. The molecule has 19 heavy (non-hydrogen) atoms. The molecular weight excluding hydrogens is 236 g/mol. The van der Waals surface area contributed by atoms with E-state index in [1.54, 1.807) is 18.3 Å². The molecule has 100 valence electrons. The predicted molar refractivity (Wildman–Crippen MR) is 77.9 cm³/mol. The van der Waals surface area contributed by atoms with Crippen LogP contribution >= 0.6 is 0 Å². The first-order chi connectivity index (χ1) is 8.95. The topological polar surface area (TPSA) is 59.1 Å². The summed E-state index contributed by atoms with van der Waals surface area (Å²) in [6.45, 7) is 6.85. The monoisotopic (exact) mass is 256 g/mol. The Morgan fingerprint density at radius 3 is 2.42 bits per heavy atom. The van der Waals surface area contributed by atoms with E-state index in [2.05, 4.69) is 25.8 Å². The summed E-state index contributed by atoms with van der Waals surface area (Å²) in [5, 5.41) is 10.00. The zero-order valence-electron chi connectivity index (χ0n) is 11.6. The van der Waals surface area contributed by atoms with Crippen molar-refractivity contribution < 1.29 is 5.11 Å². The molecule has 0 saturated carbocycles. The van der Waals surface area contributed by atoms with Crippen molar-refractivity contribution in [2.24, 2.45) is 5.73 Å². The molecular formula is C16H20N2O. The number of pyridine rings is 1. The zero-order chi connectivity index (χ0) is 14.0. The van der Waals surface area contributed by atoms with Gasteiger partial charge in [0.2, 0.25) is 0 Å². The molecule has 0 saturated heterocycles. The minimum atomic E-state index is -0.00318. The van der Waals surface area contributed by atoms with E-state index in [4.69, 9.17) is 5.73 Å². The Morgan fingerprint density at radius 2 is 1.84 bits per heavy atom. The van der Waals surface area contributed by atoms with E-state index in [9.17, 15) is 5.11 Å². The van der Waals surface area contributed by atoms with Crippen molar-refractivity contribution in [3.05, 3.63) is 47.7 Å².